The van der Waals surface area contributed by atoms with Gasteiger partial charge in [-0.3, -0.25) is 4.79 Å². The molecule has 4 heteroatoms. The van der Waals surface area contributed by atoms with Crippen molar-refractivity contribution in [1.82, 2.24) is 10.0 Å². The summed E-state index contributed by atoms with van der Waals surface area (Å²) in [6.07, 6.45) is 6.70. The van der Waals surface area contributed by atoms with Gasteiger partial charge in [-0.2, -0.15) is 0 Å². The van der Waals surface area contributed by atoms with Crippen LogP contribution in [0.15, 0.2) is 41.4 Å². The number of allylic oxidation sites excluding steroid dienone is 2. The standard InChI is InChI=1S/C10H9N2O2/c13-10-8(4-3-6-11-10)9-5-1-2-7-12(9)14/h1-6H,7H2,(H,11,13). The van der Waals surface area contributed by atoms with Gasteiger partial charge >= 0.3 is 0 Å². The van der Waals surface area contributed by atoms with Crippen LogP contribution in [0.2, 0.25) is 0 Å². The minimum Gasteiger partial charge on any atom is -0.329 e. The molecule has 1 aliphatic heterocycles. The molecule has 0 bridgehead atoms. The Balaban J connectivity index is 2.49. The summed E-state index contributed by atoms with van der Waals surface area (Å²) in [7, 11) is 0. The van der Waals surface area contributed by atoms with Crippen LogP contribution >= 0.6 is 0 Å². The quantitative estimate of drug-likeness (QED) is 0.714. The first kappa shape index (κ1) is 8.77. The Morgan fingerprint density at radius 2 is 2.29 bits per heavy atom. The molecule has 1 aromatic heterocycles. The first-order chi connectivity index (χ1) is 6.79. The minimum absolute atomic E-state index is 0.241. The van der Waals surface area contributed by atoms with Gasteiger partial charge in [-0.1, -0.05) is 17.4 Å². The molecule has 0 aromatic carbocycles. The molecule has 2 heterocycles. The normalized spacial score (nSPS) is 15.5. The van der Waals surface area contributed by atoms with Crippen LogP contribution in [0, 0.1) is 0 Å². The molecule has 1 radical (unpaired) electrons. The van der Waals surface area contributed by atoms with Gasteiger partial charge in [-0.05, 0) is 18.2 Å². The number of aromatic nitrogens is 1. The molecular formula is C10H9N2O2. The lowest BCUT2D eigenvalue weighted by molar-refractivity contribution is -0.0920. The first-order valence-corrected chi connectivity index (χ1v) is 4.28. The van der Waals surface area contributed by atoms with Gasteiger partial charge in [-0.15, -0.1) is 0 Å². The van der Waals surface area contributed by atoms with E-state index < -0.39 is 0 Å². The fourth-order valence-corrected chi connectivity index (χ4v) is 1.34. The fraction of sp³-hybridized carbons (Fsp3) is 0.100. The predicted octanol–water partition coefficient (Wildman–Crippen LogP) is 0.933. The van der Waals surface area contributed by atoms with Crippen molar-refractivity contribution < 1.29 is 5.21 Å². The van der Waals surface area contributed by atoms with E-state index in [1.807, 2.05) is 0 Å². The lowest BCUT2D eigenvalue weighted by atomic mass is 10.1. The second-order valence-corrected chi connectivity index (χ2v) is 2.95. The third kappa shape index (κ3) is 1.47. The highest BCUT2D eigenvalue weighted by Crippen LogP contribution is 2.16. The van der Waals surface area contributed by atoms with Gasteiger partial charge in [0.15, 0.2) is 0 Å². The van der Waals surface area contributed by atoms with E-state index in [-0.39, 0.29) is 5.56 Å². The van der Waals surface area contributed by atoms with Crippen molar-refractivity contribution in [3.05, 3.63) is 52.5 Å². The van der Waals surface area contributed by atoms with E-state index in [9.17, 15) is 10.0 Å². The second-order valence-electron chi connectivity index (χ2n) is 2.95. The molecule has 0 atom stereocenters. The van der Waals surface area contributed by atoms with Gasteiger partial charge < -0.3 is 4.98 Å². The number of hydroxylamine groups is 2. The van der Waals surface area contributed by atoms with Crippen molar-refractivity contribution >= 4 is 5.70 Å². The lowest BCUT2D eigenvalue weighted by Gasteiger charge is -2.17. The van der Waals surface area contributed by atoms with E-state index in [0.29, 0.717) is 17.8 Å². The first-order valence-electron chi connectivity index (χ1n) is 4.28. The van der Waals surface area contributed by atoms with Crippen molar-refractivity contribution in [2.75, 3.05) is 6.54 Å². The number of nitrogens with one attached hydrogen (secondary N) is 1. The van der Waals surface area contributed by atoms with Crippen molar-refractivity contribution in [3.8, 4) is 0 Å². The monoisotopic (exact) mass is 189 g/mol. The molecule has 0 unspecified atom stereocenters. The van der Waals surface area contributed by atoms with Crippen LogP contribution in [0.25, 0.3) is 5.70 Å². The molecular weight excluding hydrogens is 180 g/mol. The topological polar surface area (TPSA) is 56.0 Å². The number of hydrogen-bond acceptors (Lipinski definition) is 2. The molecule has 0 fully saturated rings. The van der Waals surface area contributed by atoms with Crippen molar-refractivity contribution in [1.29, 1.82) is 0 Å². The van der Waals surface area contributed by atoms with Gasteiger partial charge in [0.25, 0.3) is 5.56 Å². The Kier molecular flexibility index (Phi) is 2.20. The zero-order chi connectivity index (χ0) is 9.97. The largest absolute Gasteiger partial charge is 0.329 e. The van der Waals surface area contributed by atoms with E-state index in [4.69, 9.17) is 0 Å². The van der Waals surface area contributed by atoms with Gasteiger partial charge in [0.05, 0.1) is 17.8 Å². The zero-order valence-electron chi connectivity index (χ0n) is 7.43. The molecule has 0 saturated heterocycles. The van der Waals surface area contributed by atoms with E-state index in [1.165, 1.54) is 0 Å². The molecule has 71 valence electrons. The van der Waals surface area contributed by atoms with Gasteiger partial charge in [0.2, 0.25) is 0 Å². The fourth-order valence-electron chi connectivity index (χ4n) is 1.34. The maximum absolute atomic E-state index is 11.4. The summed E-state index contributed by atoms with van der Waals surface area (Å²) in [5.74, 6) is 0. The molecule has 1 aliphatic rings. The number of H-pyrrole nitrogens is 1. The summed E-state index contributed by atoms with van der Waals surface area (Å²) in [4.78, 5) is 13.9. The minimum atomic E-state index is -0.241. The molecule has 0 amide bonds. The third-order valence-electron chi connectivity index (χ3n) is 2.02. The molecule has 0 aliphatic carbocycles. The van der Waals surface area contributed by atoms with Crippen molar-refractivity contribution in [3.63, 3.8) is 0 Å². The van der Waals surface area contributed by atoms with Crippen LogP contribution < -0.4 is 5.56 Å². The molecule has 2 rings (SSSR count). The Bertz CT molecular complexity index is 445. The van der Waals surface area contributed by atoms with Gasteiger partial charge in [0, 0.05) is 6.20 Å². The lowest BCUT2D eigenvalue weighted by Crippen LogP contribution is -2.23. The van der Waals surface area contributed by atoms with Crippen LogP contribution in [0.4, 0.5) is 0 Å². The molecule has 1 N–H and O–H groups in total. The molecule has 4 nitrogen and oxygen atoms in total. The Hall–Kier alpha value is -1.81. The highest BCUT2D eigenvalue weighted by molar-refractivity contribution is 5.65. The van der Waals surface area contributed by atoms with E-state index in [1.54, 1.807) is 36.6 Å². The predicted molar refractivity (Wildman–Crippen MR) is 51.6 cm³/mol. The Morgan fingerprint density at radius 3 is 3.00 bits per heavy atom. The molecule has 0 saturated carbocycles. The number of rotatable bonds is 1. The molecule has 1 aromatic rings. The summed E-state index contributed by atoms with van der Waals surface area (Å²) in [6.45, 7) is 0.292. The maximum atomic E-state index is 11.4. The highest BCUT2D eigenvalue weighted by atomic mass is 16.5. The second kappa shape index (κ2) is 3.51. The van der Waals surface area contributed by atoms with Crippen LogP contribution in [-0.4, -0.2) is 16.6 Å². The van der Waals surface area contributed by atoms with Crippen molar-refractivity contribution in [2.24, 2.45) is 0 Å². The molecule has 0 spiro atoms. The third-order valence-corrected chi connectivity index (χ3v) is 2.02. The summed E-state index contributed by atoms with van der Waals surface area (Å²) in [5.41, 5.74) is 0.580. The average Bonchev–Trinajstić information content (AvgIpc) is 2.20. The zero-order valence-corrected chi connectivity index (χ0v) is 7.43. The number of pyridine rings is 1. The number of nitrogens with zero attached hydrogens (tertiary/aromatic N) is 1. The van der Waals surface area contributed by atoms with Crippen molar-refractivity contribution in [2.45, 2.75) is 0 Å². The highest BCUT2D eigenvalue weighted by Gasteiger charge is 2.13. The Morgan fingerprint density at radius 1 is 1.43 bits per heavy atom. The summed E-state index contributed by atoms with van der Waals surface area (Å²) in [5, 5.41) is 12.2. The summed E-state index contributed by atoms with van der Waals surface area (Å²) >= 11 is 0. The van der Waals surface area contributed by atoms with Gasteiger partial charge in [-0.25, -0.2) is 5.06 Å². The van der Waals surface area contributed by atoms with Gasteiger partial charge in [0.1, 0.15) is 0 Å². The summed E-state index contributed by atoms with van der Waals surface area (Å²) in [6, 6.07) is 3.33. The Labute approximate surface area is 80.8 Å². The van der Waals surface area contributed by atoms with E-state index in [0.717, 1.165) is 5.06 Å². The van der Waals surface area contributed by atoms with Crippen LogP contribution in [0.1, 0.15) is 5.56 Å². The van der Waals surface area contributed by atoms with E-state index >= 15 is 0 Å². The number of hydrogen-bond donors (Lipinski definition) is 1. The van der Waals surface area contributed by atoms with Crippen LogP contribution in [0.5, 0.6) is 0 Å². The molecule has 14 heavy (non-hydrogen) atoms. The average molecular weight is 189 g/mol. The smallest absolute Gasteiger partial charge is 0.257 e. The SMILES string of the molecule is [O]N1CC=CC=C1c1ccc[nH]c1=O. The van der Waals surface area contributed by atoms with Crippen LogP contribution in [0.3, 0.4) is 0 Å². The van der Waals surface area contributed by atoms with Crippen LogP contribution in [-0.2, 0) is 5.21 Å². The summed E-state index contributed by atoms with van der Waals surface area (Å²) < 4.78 is 0. The van der Waals surface area contributed by atoms with E-state index in [2.05, 4.69) is 4.98 Å². The number of aromatic amines is 1. The maximum Gasteiger partial charge on any atom is 0.257 e.